The second-order valence-electron chi connectivity index (χ2n) is 6.45. The third kappa shape index (κ3) is 4.54. The van der Waals surface area contributed by atoms with E-state index in [4.69, 9.17) is 5.73 Å². The number of rotatable bonds is 5. The van der Waals surface area contributed by atoms with Crippen LogP contribution in [0, 0.1) is 5.92 Å². The summed E-state index contributed by atoms with van der Waals surface area (Å²) in [5.74, 6) is 0.910. The molecule has 0 spiro atoms. The maximum absolute atomic E-state index is 6.35. The lowest BCUT2D eigenvalue weighted by Gasteiger charge is -2.34. The molecular formula is C18H29BrN2. The smallest absolute Gasteiger partial charge is 0.0507 e. The minimum atomic E-state index is 0.145. The average molecular weight is 353 g/mol. The lowest BCUT2D eigenvalue weighted by molar-refractivity contribution is 0.180. The number of halogens is 1. The minimum absolute atomic E-state index is 0.145. The van der Waals surface area contributed by atoms with E-state index in [1.165, 1.54) is 55.2 Å². The Hall–Kier alpha value is -0.380. The molecule has 0 aromatic heterocycles. The fourth-order valence-corrected chi connectivity index (χ4v) is 4.21. The number of nitrogens with two attached hydrogens (primary N) is 1. The molecule has 0 aliphatic carbocycles. The molecule has 3 unspecified atom stereocenters. The van der Waals surface area contributed by atoms with E-state index in [1.54, 1.807) is 0 Å². The number of benzene rings is 1. The van der Waals surface area contributed by atoms with Gasteiger partial charge >= 0.3 is 0 Å². The largest absolute Gasteiger partial charge is 0.326 e. The maximum Gasteiger partial charge on any atom is 0.0507 e. The number of nitrogens with zero attached hydrogens (tertiary/aromatic N) is 1. The molecule has 2 rings (SSSR count). The van der Waals surface area contributed by atoms with Gasteiger partial charge in [0.05, 0.1) is 6.04 Å². The Bertz CT molecular complexity index is 433. The Morgan fingerprint density at radius 2 is 2.05 bits per heavy atom. The van der Waals surface area contributed by atoms with Gasteiger partial charge in [0.2, 0.25) is 0 Å². The van der Waals surface area contributed by atoms with E-state index >= 15 is 0 Å². The van der Waals surface area contributed by atoms with Gasteiger partial charge in [-0.1, -0.05) is 53.9 Å². The van der Waals surface area contributed by atoms with Gasteiger partial charge in [0.25, 0.3) is 0 Å². The molecule has 1 heterocycles. The molecule has 2 N–H and O–H groups in total. The zero-order chi connectivity index (χ0) is 15.2. The normalized spacial score (nSPS) is 23.5. The highest BCUT2D eigenvalue weighted by Crippen LogP contribution is 2.33. The highest BCUT2D eigenvalue weighted by molar-refractivity contribution is 9.10. The summed E-state index contributed by atoms with van der Waals surface area (Å²) in [6.07, 6.45) is 6.70. The molecule has 1 aliphatic rings. The topological polar surface area (TPSA) is 29.3 Å². The Balaban J connectivity index is 2.14. The van der Waals surface area contributed by atoms with Gasteiger partial charge in [-0.15, -0.1) is 0 Å². The van der Waals surface area contributed by atoms with E-state index < -0.39 is 0 Å². The molecule has 1 fully saturated rings. The Morgan fingerprint density at radius 3 is 2.71 bits per heavy atom. The maximum atomic E-state index is 6.35. The van der Waals surface area contributed by atoms with E-state index in [-0.39, 0.29) is 6.04 Å². The molecule has 1 saturated heterocycles. The summed E-state index contributed by atoms with van der Waals surface area (Å²) in [7, 11) is 0. The fourth-order valence-electron chi connectivity index (χ4n) is 3.69. The van der Waals surface area contributed by atoms with Crippen LogP contribution in [0.2, 0.25) is 0 Å². The van der Waals surface area contributed by atoms with Crippen LogP contribution in [-0.4, -0.2) is 24.0 Å². The van der Waals surface area contributed by atoms with Crippen LogP contribution in [0.5, 0.6) is 0 Å². The van der Waals surface area contributed by atoms with Gasteiger partial charge in [0, 0.05) is 10.5 Å². The van der Waals surface area contributed by atoms with Crippen molar-refractivity contribution in [2.45, 2.75) is 58.0 Å². The summed E-state index contributed by atoms with van der Waals surface area (Å²) in [6.45, 7) is 6.79. The monoisotopic (exact) mass is 352 g/mol. The van der Waals surface area contributed by atoms with Crippen LogP contribution in [-0.2, 0) is 0 Å². The Kier molecular flexibility index (Phi) is 6.72. The van der Waals surface area contributed by atoms with Crippen molar-refractivity contribution < 1.29 is 0 Å². The molecule has 1 aliphatic heterocycles. The lowest BCUT2D eigenvalue weighted by Crippen LogP contribution is -2.40. The third-order valence-corrected chi connectivity index (χ3v) is 5.42. The zero-order valence-corrected chi connectivity index (χ0v) is 15.0. The molecule has 2 nitrogen and oxygen atoms in total. The van der Waals surface area contributed by atoms with Gasteiger partial charge < -0.3 is 5.73 Å². The molecule has 3 atom stereocenters. The van der Waals surface area contributed by atoms with Crippen molar-refractivity contribution in [3.63, 3.8) is 0 Å². The summed E-state index contributed by atoms with van der Waals surface area (Å²) in [6, 6.07) is 9.00. The van der Waals surface area contributed by atoms with E-state index in [0.29, 0.717) is 6.04 Å². The summed E-state index contributed by atoms with van der Waals surface area (Å²) in [5, 5.41) is 0. The van der Waals surface area contributed by atoms with E-state index in [2.05, 4.69) is 58.9 Å². The molecule has 0 bridgehead atoms. The highest BCUT2D eigenvalue weighted by Gasteiger charge is 2.27. The molecule has 0 saturated carbocycles. The standard InChI is InChI=1S/C18H29BrN2/c1-3-7-15-8-6-12-21(13-11-15)18(14(2)20)16-9-4-5-10-17(16)19/h4-5,9-10,14-15,18H,3,6-8,11-13,20H2,1-2H3. The van der Waals surface area contributed by atoms with Crippen molar-refractivity contribution >= 4 is 15.9 Å². The summed E-state index contributed by atoms with van der Waals surface area (Å²) in [5.41, 5.74) is 7.68. The lowest BCUT2D eigenvalue weighted by atomic mass is 9.95. The van der Waals surface area contributed by atoms with Gasteiger partial charge in [-0.2, -0.15) is 0 Å². The van der Waals surface area contributed by atoms with Crippen molar-refractivity contribution in [2.75, 3.05) is 13.1 Å². The second-order valence-corrected chi connectivity index (χ2v) is 7.30. The summed E-state index contributed by atoms with van der Waals surface area (Å²) >= 11 is 3.71. The zero-order valence-electron chi connectivity index (χ0n) is 13.4. The van der Waals surface area contributed by atoms with Crippen molar-refractivity contribution in [1.29, 1.82) is 0 Å². The number of hydrogen-bond donors (Lipinski definition) is 1. The Labute approximate surface area is 138 Å². The van der Waals surface area contributed by atoms with E-state index in [1.807, 2.05) is 0 Å². The van der Waals surface area contributed by atoms with Crippen molar-refractivity contribution in [3.05, 3.63) is 34.3 Å². The Morgan fingerprint density at radius 1 is 1.29 bits per heavy atom. The molecule has 1 aromatic rings. The average Bonchev–Trinajstić information content (AvgIpc) is 2.67. The molecule has 0 radical (unpaired) electrons. The first-order valence-corrected chi connectivity index (χ1v) is 9.16. The van der Waals surface area contributed by atoms with Crippen LogP contribution in [0.15, 0.2) is 28.7 Å². The van der Waals surface area contributed by atoms with Crippen molar-refractivity contribution in [3.8, 4) is 0 Å². The van der Waals surface area contributed by atoms with Crippen molar-refractivity contribution in [1.82, 2.24) is 4.90 Å². The molecular weight excluding hydrogens is 324 g/mol. The van der Waals surface area contributed by atoms with Crippen LogP contribution in [0.25, 0.3) is 0 Å². The second kappa shape index (κ2) is 8.30. The van der Waals surface area contributed by atoms with Crippen LogP contribution < -0.4 is 5.73 Å². The highest BCUT2D eigenvalue weighted by atomic mass is 79.9. The first-order chi connectivity index (χ1) is 10.1. The van der Waals surface area contributed by atoms with Gasteiger partial charge in [-0.25, -0.2) is 0 Å². The number of likely N-dealkylation sites (tertiary alicyclic amines) is 1. The SMILES string of the molecule is CCCC1CCCN(C(c2ccccc2Br)C(C)N)CC1. The van der Waals surface area contributed by atoms with Gasteiger partial charge in [-0.05, 0) is 56.8 Å². The molecule has 0 amide bonds. The van der Waals surface area contributed by atoms with Crippen molar-refractivity contribution in [2.24, 2.45) is 11.7 Å². The minimum Gasteiger partial charge on any atom is -0.326 e. The summed E-state index contributed by atoms with van der Waals surface area (Å²) < 4.78 is 1.18. The van der Waals surface area contributed by atoms with Crippen LogP contribution in [0.1, 0.15) is 57.6 Å². The van der Waals surface area contributed by atoms with Crippen LogP contribution in [0.4, 0.5) is 0 Å². The van der Waals surface area contributed by atoms with Gasteiger partial charge in [0.1, 0.15) is 0 Å². The predicted molar refractivity (Wildman–Crippen MR) is 94.4 cm³/mol. The predicted octanol–water partition coefficient (Wildman–Crippen LogP) is 4.74. The molecule has 21 heavy (non-hydrogen) atoms. The van der Waals surface area contributed by atoms with Crippen LogP contribution >= 0.6 is 15.9 Å². The summed E-state index contributed by atoms with van der Waals surface area (Å²) in [4.78, 5) is 2.61. The van der Waals surface area contributed by atoms with Gasteiger partial charge in [-0.3, -0.25) is 4.90 Å². The number of hydrogen-bond acceptors (Lipinski definition) is 2. The third-order valence-electron chi connectivity index (χ3n) is 4.69. The molecule has 118 valence electrons. The molecule has 3 heteroatoms. The molecule has 1 aromatic carbocycles. The quantitative estimate of drug-likeness (QED) is 0.828. The first kappa shape index (κ1) is 17.0. The van der Waals surface area contributed by atoms with Crippen LogP contribution in [0.3, 0.4) is 0 Å². The van der Waals surface area contributed by atoms with Gasteiger partial charge in [0.15, 0.2) is 0 Å². The first-order valence-electron chi connectivity index (χ1n) is 8.37. The fraction of sp³-hybridized carbons (Fsp3) is 0.667. The van der Waals surface area contributed by atoms with E-state index in [9.17, 15) is 0 Å². The van der Waals surface area contributed by atoms with E-state index in [0.717, 1.165) is 5.92 Å².